The van der Waals surface area contributed by atoms with Gasteiger partial charge >= 0.3 is 0 Å². The van der Waals surface area contributed by atoms with Gasteiger partial charge in [-0.15, -0.1) is 0 Å². The fourth-order valence-corrected chi connectivity index (χ4v) is 5.43. The highest BCUT2D eigenvalue weighted by atomic mass is 16.7. The van der Waals surface area contributed by atoms with E-state index >= 15 is 0 Å². The molecule has 0 unspecified atom stereocenters. The van der Waals surface area contributed by atoms with Crippen molar-refractivity contribution in [2.24, 2.45) is 0 Å². The summed E-state index contributed by atoms with van der Waals surface area (Å²) in [5, 5.41) is 12.4. The maximum Gasteiger partial charge on any atom is 0.275 e. The number of fused-ring (bicyclic) bond motifs is 2. The Morgan fingerprint density at radius 3 is 2.49 bits per heavy atom. The van der Waals surface area contributed by atoms with Crippen LogP contribution >= 0.6 is 0 Å². The number of para-hydroxylation sites is 4. The molecule has 4 aromatic carbocycles. The summed E-state index contributed by atoms with van der Waals surface area (Å²) in [5.74, 6) is -0.354. The summed E-state index contributed by atoms with van der Waals surface area (Å²) in [6.07, 6.45) is 2.87. The van der Waals surface area contributed by atoms with Gasteiger partial charge < -0.3 is 24.5 Å². The van der Waals surface area contributed by atoms with Gasteiger partial charge in [0, 0.05) is 17.7 Å². The van der Waals surface area contributed by atoms with Crippen LogP contribution in [0.15, 0.2) is 110 Å². The topological polar surface area (TPSA) is 111 Å². The molecule has 0 aliphatic carbocycles. The third-order valence-electron chi connectivity index (χ3n) is 7.64. The molecule has 0 saturated carbocycles. The molecule has 43 heavy (non-hydrogen) atoms. The first kappa shape index (κ1) is 26.9. The van der Waals surface area contributed by atoms with Crippen molar-refractivity contribution in [2.75, 3.05) is 5.32 Å². The van der Waals surface area contributed by atoms with Crippen LogP contribution in [-0.2, 0) is 22.6 Å². The molecule has 1 aliphatic heterocycles. The van der Waals surface area contributed by atoms with Crippen LogP contribution in [0.2, 0.25) is 0 Å². The van der Waals surface area contributed by atoms with Crippen LogP contribution in [0.3, 0.4) is 0 Å². The molecule has 7 rings (SSSR count). The molecule has 0 bridgehead atoms. The number of anilines is 1. The van der Waals surface area contributed by atoms with Crippen molar-refractivity contribution in [3.8, 4) is 0 Å². The summed E-state index contributed by atoms with van der Waals surface area (Å²) in [6, 6.07) is 30.7. The number of amides is 1. The number of nitrogens with zero attached hydrogens (tertiary/aromatic N) is 4. The molecule has 1 aliphatic rings. The van der Waals surface area contributed by atoms with E-state index < -0.39 is 6.29 Å². The van der Waals surface area contributed by atoms with E-state index in [0.717, 1.165) is 33.2 Å². The van der Waals surface area contributed by atoms with E-state index in [-0.39, 0.29) is 30.4 Å². The molecule has 0 spiro atoms. The van der Waals surface area contributed by atoms with Crippen molar-refractivity contribution in [3.63, 3.8) is 0 Å². The highest BCUT2D eigenvalue weighted by Crippen LogP contribution is 2.39. The zero-order chi connectivity index (χ0) is 29.2. The minimum absolute atomic E-state index is 0.0167. The molecule has 0 radical (unpaired) electrons. The lowest BCUT2D eigenvalue weighted by Gasteiger charge is -2.36. The van der Waals surface area contributed by atoms with E-state index in [1.165, 1.54) is 6.20 Å². The summed E-state index contributed by atoms with van der Waals surface area (Å²) in [6.45, 7) is 0.583. The normalized spacial score (nSPS) is 18.6. The number of aliphatic hydroxyl groups excluding tert-OH is 1. The van der Waals surface area contributed by atoms with Crippen molar-refractivity contribution >= 4 is 33.7 Å². The van der Waals surface area contributed by atoms with Gasteiger partial charge in [-0.25, -0.2) is 9.97 Å². The predicted octanol–water partition coefficient (Wildman–Crippen LogP) is 5.97. The van der Waals surface area contributed by atoms with Crippen LogP contribution in [0.5, 0.6) is 0 Å². The summed E-state index contributed by atoms with van der Waals surface area (Å²) in [7, 11) is 0. The fourth-order valence-electron chi connectivity index (χ4n) is 5.43. The monoisotopic (exact) mass is 571 g/mol. The number of imidazole rings is 1. The Morgan fingerprint density at radius 2 is 1.65 bits per heavy atom. The molecule has 3 atom stereocenters. The van der Waals surface area contributed by atoms with Gasteiger partial charge in [-0.1, -0.05) is 60.7 Å². The standard InChI is InChI=1S/C34H29N5O4/c40-20-22-12-14-23(15-13-22)32-17-26(19-39-21-36-29-10-3-4-11-31(29)39)42-34(43-32)24-6-5-7-25(16-24)37-33(41)30-18-35-27-8-1-2-9-28(27)38-30/h1-16,18,21,26,32,34,40H,17,19-20H2,(H,37,41)/t26-,32+,34+/m0/s1. The number of ether oxygens (including phenoxy) is 2. The van der Waals surface area contributed by atoms with Gasteiger partial charge in [-0.2, -0.15) is 0 Å². The summed E-state index contributed by atoms with van der Waals surface area (Å²) < 4.78 is 15.2. The first-order valence-corrected chi connectivity index (χ1v) is 14.2. The van der Waals surface area contributed by atoms with Gasteiger partial charge in [0.05, 0.1) is 60.0 Å². The Balaban J connectivity index is 1.14. The van der Waals surface area contributed by atoms with Crippen molar-refractivity contribution < 1.29 is 19.4 Å². The van der Waals surface area contributed by atoms with E-state index in [2.05, 4.69) is 30.9 Å². The largest absolute Gasteiger partial charge is 0.392 e. The Kier molecular flexibility index (Phi) is 7.34. The molecule has 9 nitrogen and oxygen atoms in total. The van der Waals surface area contributed by atoms with E-state index in [1.54, 1.807) is 0 Å². The first-order valence-electron chi connectivity index (χ1n) is 14.2. The minimum atomic E-state index is -0.673. The summed E-state index contributed by atoms with van der Waals surface area (Å²) in [4.78, 5) is 26.4. The van der Waals surface area contributed by atoms with Crippen LogP contribution in [0.25, 0.3) is 22.1 Å². The minimum Gasteiger partial charge on any atom is -0.392 e. The number of nitrogens with one attached hydrogen (secondary N) is 1. The van der Waals surface area contributed by atoms with Crippen molar-refractivity contribution in [1.29, 1.82) is 0 Å². The number of aromatic nitrogens is 4. The third kappa shape index (κ3) is 5.74. The third-order valence-corrected chi connectivity index (χ3v) is 7.64. The van der Waals surface area contributed by atoms with Crippen molar-refractivity contribution in [2.45, 2.75) is 38.1 Å². The molecule has 9 heteroatoms. The molecule has 1 amide bonds. The van der Waals surface area contributed by atoms with Crippen LogP contribution in [-0.4, -0.2) is 36.6 Å². The molecule has 6 aromatic rings. The first-order chi connectivity index (χ1) is 21.1. The maximum atomic E-state index is 13.1. The molecule has 2 aromatic heterocycles. The van der Waals surface area contributed by atoms with Gasteiger partial charge in [0.25, 0.3) is 5.91 Å². The number of aliphatic hydroxyl groups is 1. The number of hydrogen-bond acceptors (Lipinski definition) is 7. The smallest absolute Gasteiger partial charge is 0.275 e. The van der Waals surface area contributed by atoms with E-state index in [4.69, 9.17) is 9.47 Å². The fraction of sp³-hybridized carbons (Fsp3) is 0.176. The molecule has 214 valence electrons. The second kappa shape index (κ2) is 11.7. The number of hydrogen-bond donors (Lipinski definition) is 2. The molecule has 3 heterocycles. The molecule has 1 saturated heterocycles. The van der Waals surface area contributed by atoms with E-state index in [9.17, 15) is 9.90 Å². The second-order valence-corrected chi connectivity index (χ2v) is 10.6. The molecular weight excluding hydrogens is 542 g/mol. The van der Waals surface area contributed by atoms with Gasteiger partial charge in [0.2, 0.25) is 0 Å². The zero-order valence-electron chi connectivity index (χ0n) is 23.2. The lowest BCUT2D eigenvalue weighted by molar-refractivity contribution is -0.252. The zero-order valence-corrected chi connectivity index (χ0v) is 23.2. The molecule has 2 N–H and O–H groups in total. The Labute approximate surface area is 247 Å². The lowest BCUT2D eigenvalue weighted by Crippen LogP contribution is -2.32. The Morgan fingerprint density at radius 1 is 0.860 bits per heavy atom. The maximum absolute atomic E-state index is 13.1. The molecular formula is C34H29N5O4. The SMILES string of the molecule is O=C(Nc1cccc([C@@H]2O[C@H](Cn3cnc4ccccc43)C[C@H](c3ccc(CO)cc3)O2)c1)c1cnc2ccccc2n1. The van der Waals surface area contributed by atoms with Crippen LogP contribution in [0.4, 0.5) is 5.69 Å². The van der Waals surface area contributed by atoms with Gasteiger partial charge in [-0.05, 0) is 47.5 Å². The number of benzene rings is 4. The van der Waals surface area contributed by atoms with Gasteiger partial charge in [-0.3, -0.25) is 9.78 Å². The van der Waals surface area contributed by atoms with Crippen LogP contribution in [0, 0.1) is 0 Å². The molecule has 1 fully saturated rings. The predicted molar refractivity (Wildman–Crippen MR) is 162 cm³/mol. The van der Waals surface area contributed by atoms with Gasteiger partial charge in [0.15, 0.2) is 6.29 Å². The van der Waals surface area contributed by atoms with Crippen LogP contribution in [0.1, 0.15) is 46.0 Å². The second-order valence-electron chi connectivity index (χ2n) is 10.6. The number of carbonyl (C=O) groups is 1. The Hall–Kier alpha value is -4.96. The van der Waals surface area contributed by atoms with E-state index in [1.807, 2.05) is 97.3 Å². The number of rotatable bonds is 7. The van der Waals surface area contributed by atoms with Crippen LogP contribution < -0.4 is 5.32 Å². The highest BCUT2D eigenvalue weighted by Gasteiger charge is 2.33. The lowest BCUT2D eigenvalue weighted by atomic mass is 10.00. The summed E-state index contributed by atoms with van der Waals surface area (Å²) >= 11 is 0. The Bertz CT molecular complexity index is 1910. The average Bonchev–Trinajstić information content (AvgIpc) is 3.47. The van der Waals surface area contributed by atoms with E-state index in [0.29, 0.717) is 24.2 Å². The average molecular weight is 572 g/mol. The quantitative estimate of drug-likeness (QED) is 0.243. The van der Waals surface area contributed by atoms with Gasteiger partial charge in [0.1, 0.15) is 5.69 Å². The summed E-state index contributed by atoms with van der Waals surface area (Å²) in [5.41, 5.74) is 6.80. The van der Waals surface area contributed by atoms with Crippen molar-refractivity contribution in [3.05, 3.63) is 132 Å². The highest BCUT2D eigenvalue weighted by molar-refractivity contribution is 6.03. The van der Waals surface area contributed by atoms with Crippen molar-refractivity contribution in [1.82, 2.24) is 19.5 Å². The number of carbonyl (C=O) groups excluding carboxylic acids is 1.